The average Bonchev–Trinajstić information content (AvgIpc) is 2.76. The molecule has 29 heavy (non-hydrogen) atoms. The van der Waals surface area contributed by atoms with Gasteiger partial charge in [0.2, 0.25) is 0 Å². The molecule has 2 unspecified atom stereocenters. The minimum absolute atomic E-state index is 0.0618. The maximum absolute atomic E-state index is 14.0. The van der Waals surface area contributed by atoms with Gasteiger partial charge in [0.25, 0.3) is 5.91 Å². The van der Waals surface area contributed by atoms with Gasteiger partial charge in [0.15, 0.2) is 0 Å². The van der Waals surface area contributed by atoms with E-state index < -0.39 is 5.82 Å². The van der Waals surface area contributed by atoms with Crippen LogP contribution in [0.3, 0.4) is 0 Å². The molecule has 0 bridgehead atoms. The molecule has 1 aliphatic rings. The van der Waals surface area contributed by atoms with E-state index in [2.05, 4.69) is 10.3 Å². The van der Waals surface area contributed by atoms with Crippen LogP contribution in [0.2, 0.25) is 0 Å². The van der Waals surface area contributed by atoms with Crippen molar-refractivity contribution in [1.29, 1.82) is 0 Å². The number of amides is 1. The summed E-state index contributed by atoms with van der Waals surface area (Å²) in [4.78, 5) is 19.2. The molecule has 1 aromatic heterocycles. The van der Waals surface area contributed by atoms with Crippen LogP contribution in [-0.4, -0.2) is 30.0 Å². The summed E-state index contributed by atoms with van der Waals surface area (Å²) in [6.07, 6.45) is 3.81. The highest BCUT2D eigenvalue weighted by molar-refractivity contribution is 6.06. The first kappa shape index (κ1) is 19.2. The van der Waals surface area contributed by atoms with Crippen LogP contribution >= 0.6 is 0 Å². The van der Waals surface area contributed by atoms with E-state index in [1.165, 1.54) is 30.5 Å². The molecular formula is C23H21F2N3O. The second-order valence-electron chi connectivity index (χ2n) is 7.11. The number of hydrogen-bond acceptors (Lipinski definition) is 3. The second-order valence-corrected chi connectivity index (χ2v) is 7.11. The van der Waals surface area contributed by atoms with Crippen LogP contribution in [0.25, 0.3) is 0 Å². The molecule has 0 radical (unpaired) electrons. The van der Waals surface area contributed by atoms with Gasteiger partial charge in [0.1, 0.15) is 11.6 Å². The Labute approximate surface area is 168 Å². The summed E-state index contributed by atoms with van der Waals surface area (Å²) in [5, 5.41) is 3.36. The molecule has 0 spiro atoms. The molecule has 3 aromatic rings. The zero-order valence-corrected chi connectivity index (χ0v) is 15.8. The minimum atomic E-state index is -0.404. The highest BCUT2D eigenvalue weighted by Gasteiger charge is 2.35. The summed E-state index contributed by atoms with van der Waals surface area (Å²) < 4.78 is 27.5. The predicted octanol–water partition coefficient (Wildman–Crippen LogP) is 4.15. The van der Waals surface area contributed by atoms with Gasteiger partial charge < -0.3 is 10.2 Å². The molecule has 2 aromatic carbocycles. The van der Waals surface area contributed by atoms with E-state index in [9.17, 15) is 13.6 Å². The molecule has 148 valence electrons. The average molecular weight is 393 g/mol. The number of piperidine rings is 1. The Morgan fingerprint density at radius 3 is 2.59 bits per heavy atom. The maximum atomic E-state index is 14.0. The Balaban J connectivity index is 1.78. The molecule has 6 heteroatoms. The summed E-state index contributed by atoms with van der Waals surface area (Å²) in [6.45, 7) is 1.37. The van der Waals surface area contributed by atoms with Gasteiger partial charge in [-0.15, -0.1) is 0 Å². The van der Waals surface area contributed by atoms with E-state index >= 15 is 0 Å². The Morgan fingerprint density at radius 2 is 1.86 bits per heavy atom. The first-order valence-corrected chi connectivity index (χ1v) is 9.59. The van der Waals surface area contributed by atoms with E-state index in [0.717, 1.165) is 12.1 Å². The van der Waals surface area contributed by atoms with E-state index in [0.29, 0.717) is 24.2 Å². The second kappa shape index (κ2) is 8.49. The van der Waals surface area contributed by atoms with Crippen LogP contribution in [0, 0.1) is 11.6 Å². The number of carbonyl (C=O) groups is 1. The molecule has 1 N–H and O–H groups in total. The summed E-state index contributed by atoms with van der Waals surface area (Å²) >= 11 is 0. The standard InChI is InChI=1S/C23H21F2N3O/c24-18-8-6-16(7-9-18)21-15-27-12-10-22(21)28(20-5-1-4-19(25)13-20)23(29)17-3-2-11-26-14-17/h1-9,11,13-14,21-22,27H,10,12,15H2. The van der Waals surface area contributed by atoms with Gasteiger partial charge in [-0.3, -0.25) is 9.78 Å². The van der Waals surface area contributed by atoms with Crippen molar-refractivity contribution in [2.24, 2.45) is 0 Å². The number of hydrogen-bond donors (Lipinski definition) is 1. The highest BCUT2D eigenvalue weighted by atomic mass is 19.1. The smallest absolute Gasteiger partial charge is 0.260 e. The Hall–Kier alpha value is -3.12. The Kier molecular flexibility index (Phi) is 5.62. The van der Waals surface area contributed by atoms with Gasteiger partial charge in [-0.25, -0.2) is 8.78 Å². The molecular weight excluding hydrogens is 372 g/mol. The third-order valence-electron chi connectivity index (χ3n) is 5.29. The largest absolute Gasteiger partial charge is 0.316 e. The fourth-order valence-corrected chi connectivity index (χ4v) is 3.92. The van der Waals surface area contributed by atoms with Crippen molar-refractivity contribution in [2.75, 3.05) is 18.0 Å². The number of aromatic nitrogens is 1. The maximum Gasteiger partial charge on any atom is 0.260 e. The van der Waals surface area contributed by atoms with Gasteiger partial charge >= 0.3 is 0 Å². The third kappa shape index (κ3) is 4.17. The fourth-order valence-electron chi connectivity index (χ4n) is 3.92. The first-order chi connectivity index (χ1) is 14.1. The highest BCUT2D eigenvalue weighted by Crippen LogP contribution is 2.33. The molecule has 1 aliphatic heterocycles. The van der Waals surface area contributed by atoms with Crippen molar-refractivity contribution in [2.45, 2.75) is 18.4 Å². The van der Waals surface area contributed by atoms with Crippen molar-refractivity contribution < 1.29 is 13.6 Å². The van der Waals surface area contributed by atoms with Crippen molar-refractivity contribution in [3.8, 4) is 0 Å². The van der Waals surface area contributed by atoms with Crippen LogP contribution in [0.1, 0.15) is 28.3 Å². The lowest BCUT2D eigenvalue weighted by molar-refractivity contribution is 0.0967. The van der Waals surface area contributed by atoms with Gasteiger partial charge in [-0.1, -0.05) is 18.2 Å². The topological polar surface area (TPSA) is 45.2 Å². The van der Waals surface area contributed by atoms with Gasteiger partial charge in [-0.2, -0.15) is 0 Å². The molecule has 1 amide bonds. The number of nitrogens with zero attached hydrogens (tertiary/aromatic N) is 2. The molecule has 4 nitrogen and oxygen atoms in total. The lowest BCUT2D eigenvalue weighted by atomic mass is 9.85. The Bertz CT molecular complexity index is 979. The van der Waals surface area contributed by atoms with Gasteiger partial charge in [0.05, 0.1) is 5.56 Å². The van der Waals surface area contributed by atoms with Crippen LogP contribution in [0.5, 0.6) is 0 Å². The van der Waals surface area contributed by atoms with E-state index in [1.807, 2.05) is 0 Å². The molecule has 0 aliphatic carbocycles. The number of anilines is 1. The predicted molar refractivity (Wildman–Crippen MR) is 108 cm³/mol. The number of nitrogens with one attached hydrogen (secondary N) is 1. The van der Waals surface area contributed by atoms with Crippen molar-refractivity contribution >= 4 is 11.6 Å². The normalized spacial score (nSPS) is 19.0. The molecule has 1 fully saturated rings. The van der Waals surface area contributed by atoms with Crippen LogP contribution in [0.4, 0.5) is 14.5 Å². The number of carbonyl (C=O) groups excluding carboxylic acids is 1. The third-order valence-corrected chi connectivity index (χ3v) is 5.29. The van der Waals surface area contributed by atoms with Gasteiger partial charge in [-0.05, 0) is 61.0 Å². The molecule has 2 heterocycles. The number of benzene rings is 2. The first-order valence-electron chi connectivity index (χ1n) is 9.59. The lowest BCUT2D eigenvalue weighted by Gasteiger charge is -2.40. The summed E-state index contributed by atoms with van der Waals surface area (Å²) in [7, 11) is 0. The molecule has 0 saturated carbocycles. The minimum Gasteiger partial charge on any atom is -0.316 e. The summed E-state index contributed by atoms with van der Waals surface area (Å²) in [6, 6.07) is 15.6. The van der Waals surface area contributed by atoms with Crippen molar-refractivity contribution in [3.63, 3.8) is 0 Å². The molecule has 1 saturated heterocycles. The lowest BCUT2D eigenvalue weighted by Crippen LogP contribution is -2.51. The fraction of sp³-hybridized carbons (Fsp3) is 0.217. The number of rotatable bonds is 4. The molecule has 2 atom stereocenters. The van der Waals surface area contributed by atoms with E-state index in [4.69, 9.17) is 0 Å². The zero-order valence-electron chi connectivity index (χ0n) is 15.8. The summed E-state index contributed by atoms with van der Waals surface area (Å²) in [5.41, 5.74) is 1.87. The number of halogens is 2. The van der Waals surface area contributed by atoms with Gasteiger partial charge in [0, 0.05) is 36.6 Å². The summed E-state index contributed by atoms with van der Waals surface area (Å²) in [5.74, 6) is -1.00. The quantitative estimate of drug-likeness (QED) is 0.724. The Morgan fingerprint density at radius 1 is 1.03 bits per heavy atom. The monoisotopic (exact) mass is 393 g/mol. The van der Waals surface area contributed by atoms with Crippen LogP contribution < -0.4 is 10.2 Å². The van der Waals surface area contributed by atoms with Crippen molar-refractivity contribution in [3.05, 3.63) is 95.8 Å². The number of pyridine rings is 1. The van der Waals surface area contributed by atoms with Crippen LogP contribution in [0.15, 0.2) is 73.1 Å². The van der Waals surface area contributed by atoms with Crippen LogP contribution in [-0.2, 0) is 0 Å². The SMILES string of the molecule is O=C(c1cccnc1)N(c1cccc(F)c1)C1CCNCC1c1ccc(F)cc1. The van der Waals surface area contributed by atoms with Crippen molar-refractivity contribution in [1.82, 2.24) is 10.3 Å². The van der Waals surface area contributed by atoms with E-state index in [1.54, 1.807) is 47.5 Å². The molecule has 4 rings (SSSR count). The van der Waals surface area contributed by atoms with E-state index in [-0.39, 0.29) is 23.7 Å². The zero-order chi connectivity index (χ0) is 20.2.